The summed E-state index contributed by atoms with van der Waals surface area (Å²) in [6, 6.07) is 0. The van der Waals surface area contributed by atoms with Gasteiger partial charge in [0.1, 0.15) is 4.34 Å². The van der Waals surface area contributed by atoms with Crippen molar-refractivity contribution >= 4 is 40.5 Å². The molecule has 1 aromatic rings. The number of hydrogen-bond donors (Lipinski definition) is 0. The van der Waals surface area contributed by atoms with Crippen molar-refractivity contribution in [2.24, 2.45) is 0 Å². The van der Waals surface area contributed by atoms with Crippen LogP contribution in [0.3, 0.4) is 0 Å². The predicted molar refractivity (Wildman–Crippen MR) is 57.3 cm³/mol. The Bertz CT molecular complexity index is 327. The van der Waals surface area contributed by atoms with Gasteiger partial charge in [0.25, 0.3) is 0 Å². The lowest BCUT2D eigenvalue weighted by molar-refractivity contribution is 0.0494. The second kappa shape index (κ2) is 5.53. The molecule has 0 unspecified atom stereocenters. The van der Waals surface area contributed by atoms with E-state index < -0.39 is 5.97 Å². The fourth-order valence-corrected chi connectivity index (χ4v) is 2.06. The van der Waals surface area contributed by atoms with E-state index in [0.29, 0.717) is 6.61 Å². The minimum atomic E-state index is -0.508. The summed E-state index contributed by atoms with van der Waals surface area (Å²) in [6.07, 6.45) is 1.81. The van der Waals surface area contributed by atoms with E-state index in [-0.39, 0.29) is 14.5 Å². The zero-order valence-electron chi connectivity index (χ0n) is 7.55. The van der Waals surface area contributed by atoms with Crippen molar-refractivity contribution < 1.29 is 9.53 Å². The van der Waals surface area contributed by atoms with E-state index in [0.717, 1.165) is 24.2 Å². The molecular weight excluding hydrogens is 245 g/mol. The molecule has 78 valence electrons. The fraction of sp³-hybridized carbons (Fsp3) is 0.500. The molecule has 0 fully saturated rings. The quantitative estimate of drug-likeness (QED) is 0.610. The lowest BCUT2D eigenvalue weighted by atomic mass is 10.4. The number of halogens is 2. The van der Waals surface area contributed by atoms with Crippen LogP contribution in [0.5, 0.6) is 0 Å². The van der Waals surface area contributed by atoms with Crippen LogP contribution in [0.2, 0.25) is 8.80 Å². The smallest absolute Gasteiger partial charge is 0.359 e. The molecule has 0 atom stereocenters. The standard InChI is InChI=1S/C8H9Cl2NO2S/c1-2-3-4-13-7(12)5-6(9)14-8(10)11-5/h2-4H2,1H3. The fourth-order valence-electron chi connectivity index (χ4n) is 0.780. The van der Waals surface area contributed by atoms with Gasteiger partial charge in [-0.05, 0) is 6.42 Å². The number of hydrogen-bond acceptors (Lipinski definition) is 4. The third kappa shape index (κ3) is 3.12. The summed E-state index contributed by atoms with van der Waals surface area (Å²) < 4.78 is 5.45. The van der Waals surface area contributed by atoms with E-state index in [1.54, 1.807) is 0 Å². The maximum absolute atomic E-state index is 11.3. The van der Waals surface area contributed by atoms with Gasteiger partial charge in [-0.3, -0.25) is 0 Å². The van der Waals surface area contributed by atoms with Gasteiger partial charge in [-0.25, -0.2) is 9.78 Å². The molecule has 0 spiro atoms. The maximum Gasteiger partial charge on any atom is 0.359 e. The topological polar surface area (TPSA) is 39.2 Å². The first-order chi connectivity index (χ1) is 6.65. The molecule has 0 aliphatic carbocycles. The molecule has 3 nitrogen and oxygen atoms in total. The van der Waals surface area contributed by atoms with Gasteiger partial charge < -0.3 is 4.74 Å². The summed E-state index contributed by atoms with van der Waals surface area (Å²) in [5.74, 6) is -0.508. The van der Waals surface area contributed by atoms with Gasteiger partial charge >= 0.3 is 5.97 Å². The molecule has 0 saturated carbocycles. The summed E-state index contributed by atoms with van der Waals surface area (Å²) >= 11 is 12.4. The van der Waals surface area contributed by atoms with Gasteiger partial charge in [0.05, 0.1) is 6.61 Å². The van der Waals surface area contributed by atoms with Gasteiger partial charge in [-0.1, -0.05) is 47.9 Å². The number of rotatable bonds is 4. The molecule has 0 radical (unpaired) electrons. The van der Waals surface area contributed by atoms with Crippen LogP contribution in [0.4, 0.5) is 0 Å². The maximum atomic E-state index is 11.3. The highest BCUT2D eigenvalue weighted by Gasteiger charge is 2.17. The van der Waals surface area contributed by atoms with Crippen molar-refractivity contribution in [3.05, 3.63) is 14.5 Å². The molecule has 0 aromatic carbocycles. The molecule has 0 bridgehead atoms. The van der Waals surface area contributed by atoms with Gasteiger partial charge in [-0.2, -0.15) is 0 Å². The van der Waals surface area contributed by atoms with Gasteiger partial charge in [-0.15, -0.1) is 0 Å². The Morgan fingerprint density at radius 2 is 2.29 bits per heavy atom. The highest BCUT2D eigenvalue weighted by molar-refractivity contribution is 7.19. The van der Waals surface area contributed by atoms with Gasteiger partial charge in [0.15, 0.2) is 10.2 Å². The van der Waals surface area contributed by atoms with E-state index in [1.807, 2.05) is 6.92 Å². The Kier molecular flexibility index (Phi) is 4.65. The molecule has 0 N–H and O–H groups in total. The highest BCUT2D eigenvalue weighted by Crippen LogP contribution is 2.27. The van der Waals surface area contributed by atoms with Gasteiger partial charge in [0.2, 0.25) is 0 Å². The van der Waals surface area contributed by atoms with Crippen LogP contribution in [0, 0.1) is 0 Å². The number of esters is 1. The van der Waals surface area contributed by atoms with Crippen molar-refractivity contribution in [2.45, 2.75) is 19.8 Å². The number of carbonyl (C=O) groups is 1. The zero-order chi connectivity index (χ0) is 10.6. The van der Waals surface area contributed by atoms with Crippen LogP contribution in [0.1, 0.15) is 30.3 Å². The second-order valence-corrected chi connectivity index (χ2v) is 4.76. The summed E-state index contributed by atoms with van der Waals surface area (Å²) in [5, 5.41) is 0. The average Bonchev–Trinajstić information content (AvgIpc) is 2.45. The van der Waals surface area contributed by atoms with Crippen LogP contribution in [0.15, 0.2) is 0 Å². The van der Waals surface area contributed by atoms with E-state index in [2.05, 4.69) is 4.98 Å². The van der Waals surface area contributed by atoms with Crippen LogP contribution in [0.25, 0.3) is 0 Å². The summed E-state index contributed by atoms with van der Waals surface area (Å²) in [5.41, 5.74) is 0.109. The van der Waals surface area contributed by atoms with E-state index in [1.165, 1.54) is 0 Å². The minimum absolute atomic E-state index is 0.109. The Hall–Kier alpha value is -0.320. The number of nitrogens with zero attached hydrogens (tertiary/aromatic N) is 1. The first-order valence-electron chi connectivity index (χ1n) is 4.14. The third-order valence-electron chi connectivity index (χ3n) is 1.48. The van der Waals surface area contributed by atoms with Crippen LogP contribution in [-0.2, 0) is 4.74 Å². The predicted octanol–water partition coefficient (Wildman–Crippen LogP) is 3.41. The summed E-state index contributed by atoms with van der Waals surface area (Å²) in [4.78, 5) is 15.1. The number of thiazole rings is 1. The Balaban J connectivity index is 2.56. The Labute approximate surface area is 96.0 Å². The highest BCUT2D eigenvalue weighted by atomic mass is 35.5. The lowest BCUT2D eigenvalue weighted by Gasteiger charge is -2.00. The van der Waals surface area contributed by atoms with Crippen molar-refractivity contribution in [1.82, 2.24) is 4.98 Å². The van der Waals surface area contributed by atoms with Crippen LogP contribution in [-0.4, -0.2) is 17.6 Å². The number of carbonyl (C=O) groups excluding carboxylic acids is 1. The summed E-state index contributed by atoms with van der Waals surface area (Å²) in [7, 11) is 0. The van der Waals surface area contributed by atoms with E-state index in [4.69, 9.17) is 27.9 Å². The molecule has 0 amide bonds. The van der Waals surface area contributed by atoms with Crippen LogP contribution >= 0.6 is 34.5 Å². The Morgan fingerprint density at radius 3 is 2.79 bits per heavy atom. The van der Waals surface area contributed by atoms with Crippen LogP contribution < -0.4 is 0 Å². The van der Waals surface area contributed by atoms with Crippen molar-refractivity contribution in [2.75, 3.05) is 6.61 Å². The lowest BCUT2D eigenvalue weighted by Crippen LogP contribution is -2.07. The molecule has 1 rings (SSSR count). The second-order valence-electron chi connectivity index (χ2n) is 2.58. The number of ether oxygens (including phenoxy) is 1. The molecule has 1 aromatic heterocycles. The number of unbranched alkanes of at least 4 members (excludes halogenated alkanes) is 1. The Morgan fingerprint density at radius 1 is 1.57 bits per heavy atom. The van der Waals surface area contributed by atoms with Crippen molar-refractivity contribution in [3.8, 4) is 0 Å². The minimum Gasteiger partial charge on any atom is -0.461 e. The largest absolute Gasteiger partial charge is 0.461 e. The molecule has 0 aliphatic rings. The molecule has 14 heavy (non-hydrogen) atoms. The molecule has 0 aliphatic heterocycles. The third-order valence-corrected chi connectivity index (χ3v) is 2.84. The monoisotopic (exact) mass is 253 g/mol. The average molecular weight is 254 g/mol. The molecular formula is C8H9Cl2NO2S. The van der Waals surface area contributed by atoms with Crippen molar-refractivity contribution in [1.29, 1.82) is 0 Å². The normalized spacial score (nSPS) is 10.2. The first kappa shape index (κ1) is 11.8. The first-order valence-corrected chi connectivity index (χ1v) is 5.71. The van der Waals surface area contributed by atoms with E-state index >= 15 is 0 Å². The molecule has 6 heteroatoms. The molecule has 0 saturated heterocycles. The SMILES string of the molecule is CCCCOC(=O)c1nc(Cl)sc1Cl. The molecule has 1 heterocycles. The zero-order valence-corrected chi connectivity index (χ0v) is 9.88. The number of aromatic nitrogens is 1. The van der Waals surface area contributed by atoms with Crippen molar-refractivity contribution in [3.63, 3.8) is 0 Å². The summed E-state index contributed by atoms with van der Waals surface area (Å²) in [6.45, 7) is 2.40. The van der Waals surface area contributed by atoms with E-state index in [9.17, 15) is 4.79 Å². The van der Waals surface area contributed by atoms with Gasteiger partial charge in [0, 0.05) is 0 Å².